The van der Waals surface area contributed by atoms with Crippen LogP contribution in [0.2, 0.25) is 0 Å². The summed E-state index contributed by atoms with van der Waals surface area (Å²) in [5.41, 5.74) is 0. The van der Waals surface area contributed by atoms with E-state index in [1.807, 2.05) is 6.92 Å². The smallest absolute Gasteiger partial charge is 0.194 e. The third-order valence-corrected chi connectivity index (χ3v) is 7.79. The Morgan fingerprint density at radius 3 is 2.76 bits per heavy atom. The number of halogens is 1. The highest BCUT2D eigenvalue weighted by atomic mass is 127. The van der Waals surface area contributed by atoms with E-state index in [9.17, 15) is 8.42 Å². The minimum Gasteiger partial charge on any atom is -0.357 e. The highest BCUT2D eigenvalue weighted by Gasteiger charge is 2.40. The van der Waals surface area contributed by atoms with Crippen molar-refractivity contribution in [2.45, 2.75) is 38.9 Å². The Morgan fingerprint density at radius 1 is 1.48 bits per heavy atom. The third-order valence-electron chi connectivity index (χ3n) is 4.36. The van der Waals surface area contributed by atoms with Gasteiger partial charge in [0.1, 0.15) is 0 Å². The van der Waals surface area contributed by atoms with Crippen molar-refractivity contribution in [2.24, 2.45) is 10.9 Å². The molecule has 1 aliphatic rings. The van der Waals surface area contributed by atoms with Crippen LogP contribution in [0.25, 0.3) is 0 Å². The Kier molecular flexibility index (Phi) is 8.66. The lowest BCUT2D eigenvalue weighted by molar-refractivity contribution is 0.352. The minimum atomic E-state index is -3.03. The van der Waals surface area contributed by atoms with Crippen molar-refractivity contribution in [3.8, 4) is 0 Å². The van der Waals surface area contributed by atoms with E-state index in [1.165, 1.54) is 4.88 Å². The Labute approximate surface area is 173 Å². The van der Waals surface area contributed by atoms with Crippen molar-refractivity contribution in [1.29, 1.82) is 0 Å². The van der Waals surface area contributed by atoms with Crippen molar-refractivity contribution < 1.29 is 8.42 Å². The van der Waals surface area contributed by atoms with Crippen LogP contribution in [0.3, 0.4) is 0 Å². The summed E-state index contributed by atoms with van der Waals surface area (Å²) >= 11 is 1.78. The zero-order valence-electron chi connectivity index (χ0n) is 15.5. The van der Waals surface area contributed by atoms with Gasteiger partial charge < -0.3 is 10.2 Å². The molecule has 2 heterocycles. The lowest BCUT2D eigenvalue weighted by Crippen LogP contribution is -2.57. The van der Waals surface area contributed by atoms with E-state index < -0.39 is 14.6 Å². The number of hydrogen-bond acceptors (Lipinski definition) is 4. The molecule has 1 aliphatic heterocycles. The molecule has 1 N–H and O–H groups in total. The molecule has 0 radical (unpaired) electrons. The summed E-state index contributed by atoms with van der Waals surface area (Å²) in [6.45, 7) is 10.4. The maximum Gasteiger partial charge on any atom is 0.194 e. The average Bonchev–Trinajstić information content (AvgIpc) is 2.99. The highest BCUT2D eigenvalue weighted by molar-refractivity contribution is 14.0. The van der Waals surface area contributed by atoms with E-state index in [0.29, 0.717) is 19.0 Å². The molecule has 1 fully saturated rings. The molecule has 25 heavy (non-hydrogen) atoms. The molecule has 144 valence electrons. The fourth-order valence-electron chi connectivity index (χ4n) is 2.83. The van der Waals surface area contributed by atoms with E-state index in [-0.39, 0.29) is 29.7 Å². The molecular weight excluding hydrogens is 469 g/mol. The van der Waals surface area contributed by atoms with Crippen molar-refractivity contribution in [1.82, 2.24) is 10.2 Å². The molecular formula is C17H30IN3O2S2. The van der Waals surface area contributed by atoms with Gasteiger partial charge in [-0.05, 0) is 44.6 Å². The first-order valence-electron chi connectivity index (χ1n) is 8.53. The monoisotopic (exact) mass is 499 g/mol. The maximum absolute atomic E-state index is 12.2. The molecule has 1 atom stereocenters. The summed E-state index contributed by atoms with van der Waals surface area (Å²) in [6, 6.07) is 4.24. The van der Waals surface area contributed by atoms with Crippen LogP contribution in [-0.2, 0) is 16.3 Å². The number of sulfone groups is 1. The first-order valence-corrected chi connectivity index (χ1v) is 11.1. The van der Waals surface area contributed by atoms with E-state index in [4.69, 9.17) is 4.99 Å². The standard InChI is InChI=1S/C17H29N3O2S2.HI/c1-5-18-16(19-12-14(2)11-15-7-6-9-23-15)20-8-10-24(21,22)17(3,4)13-20;/h6-7,9,14H,5,8,10-13H2,1-4H3,(H,18,19);1H. The maximum atomic E-state index is 12.2. The van der Waals surface area contributed by atoms with Crippen LogP contribution in [0, 0.1) is 5.92 Å². The Hall–Kier alpha value is -0.350. The normalized spacial score (nSPS) is 20.6. The molecule has 0 aromatic carbocycles. The molecule has 1 unspecified atom stereocenters. The molecule has 0 spiro atoms. The fraction of sp³-hybridized carbons (Fsp3) is 0.706. The molecule has 0 bridgehead atoms. The number of nitrogens with zero attached hydrogens (tertiary/aromatic N) is 2. The largest absolute Gasteiger partial charge is 0.357 e. The van der Waals surface area contributed by atoms with Crippen molar-refractivity contribution >= 4 is 51.1 Å². The van der Waals surface area contributed by atoms with E-state index >= 15 is 0 Å². The number of aliphatic imine (C=N–C) groups is 1. The van der Waals surface area contributed by atoms with Gasteiger partial charge in [-0.1, -0.05) is 13.0 Å². The average molecular weight is 499 g/mol. The van der Waals surface area contributed by atoms with Crippen molar-refractivity contribution in [2.75, 3.05) is 31.9 Å². The summed E-state index contributed by atoms with van der Waals surface area (Å²) in [5, 5.41) is 5.42. The van der Waals surface area contributed by atoms with Gasteiger partial charge in [0.2, 0.25) is 0 Å². The molecule has 2 rings (SSSR count). The summed E-state index contributed by atoms with van der Waals surface area (Å²) in [7, 11) is -3.03. The fourth-order valence-corrected chi connectivity index (χ4v) is 5.07. The zero-order valence-corrected chi connectivity index (χ0v) is 19.5. The Balaban J connectivity index is 0.00000312. The van der Waals surface area contributed by atoms with Gasteiger partial charge in [-0.15, -0.1) is 35.3 Å². The molecule has 1 saturated heterocycles. The summed E-state index contributed by atoms with van der Waals surface area (Å²) < 4.78 is 23.6. The highest BCUT2D eigenvalue weighted by Crippen LogP contribution is 2.24. The first-order chi connectivity index (χ1) is 11.2. The molecule has 0 saturated carbocycles. The number of thiophene rings is 1. The number of hydrogen-bond donors (Lipinski definition) is 1. The van der Waals surface area contributed by atoms with Crippen LogP contribution in [0.1, 0.15) is 32.6 Å². The predicted molar refractivity (Wildman–Crippen MR) is 118 cm³/mol. The van der Waals surface area contributed by atoms with Gasteiger partial charge in [-0.3, -0.25) is 4.99 Å². The molecule has 8 heteroatoms. The molecule has 1 aromatic rings. The van der Waals surface area contributed by atoms with Crippen LogP contribution in [-0.4, -0.2) is 56.0 Å². The minimum absolute atomic E-state index is 0. The second-order valence-corrected chi connectivity index (χ2v) is 10.9. The molecule has 1 aromatic heterocycles. The lowest BCUT2D eigenvalue weighted by atomic mass is 10.1. The van der Waals surface area contributed by atoms with E-state index in [0.717, 1.165) is 25.5 Å². The van der Waals surface area contributed by atoms with Crippen LogP contribution < -0.4 is 5.32 Å². The van der Waals surface area contributed by atoms with Crippen LogP contribution >= 0.6 is 35.3 Å². The second kappa shape index (κ2) is 9.55. The molecule has 5 nitrogen and oxygen atoms in total. The third kappa shape index (κ3) is 6.09. The quantitative estimate of drug-likeness (QED) is 0.385. The summed E-state index contributed by atoms with van der Waals surface area (Å²) in [4.78, 5) is 8.24. The Morgan fingerprint density at radius 2 is 2.20 bits per heavy atom. The van der Waals surface area contributed by atoms with E-state index in [2.05, 4.69) is 34.7 Å². The number of rotatable bonds is 5. The lowest BCUT2D eigenvalue weighted by Gasteiger charge is -2.39. The van der Waals surface area contributed by atoms with Gasteiger partial charge in [-0.2, -0.15) is 0 Å². The van der Waals surface area contributed by atoms with Gasteiger partial charge in [0, 0.05) is 31.1 Å². The van der Waals surface area contributed by atoms with Crippen LogP contribution in [0.15, 0.2) is 22.5 Å². The molecule has 0 aliphatic carbocycles. The summed E-state index contributed by atoms with van der Waals surface area (Å²) in [6.07, 6.45) is 1.03. The number of guanidine groups is 1. The first kappa shape index (κ1) is 22.7. The van der Waals surface area contributed by atoms with Gasteiger partial charge in [0.05, 0.1) is 10.5 Å². The van der Waals surface area contributed by atoms with Crippen LogP contribution in [0.4, 0.5) is 0 Å². The van der Waals surface area contributed by atoms with Crippen LogP contribution in [0.5, 0.6) is 0 Å². The van der Waals surface area contributed by atoms with Gasteiger partial charge >= 0.3 is 0 Å². The SMILES string of the molecule is CCNC(=NCC(C)Cc1cccs1)N1CCS(=O)(=O)C(C)(C)C1.I. The van der Waals surface area contributed by atoms with Crippen molar-refractivity contribution in [3.63, 3.8) is 0 Å². The summed E-state index contributed by atoms with van der Waals surface area (Å²) in [5.74, 6) is 1.48. The predicted octanol–water partition coefficient (Wildman–Crippen LogP) is 3.02. The second-order valence-electron chi connectivity index (χ2n) is 7.08. The van der Waals surface area contributed by atoms with Gasteiger partial charge in [0.15, 0.2) is 15.8 Å². The number of nitrogens with one attached hydrogen (secondary N) is 1. The van der Waals surface area contributed by atoms with Gasteiger partial charge in [0.25, 0.3) is 0 Å². The topological polar surface area (TPSA) is 61.8 Å². The van der Waals surface area contributed by atoms with Gasteiger partial charge in [-0.25, -0.2) is 8.42 Å². The molecule has 0 amide bonds. The van der Waals surface area contributed by atoms with E-state index in [1.54, 1.807) is 25.2 Å². The Bertz CT molecular complexity index is 657. The zero-order chi connectivity index (χ0) is 17.8. The van der Waals surface area contributed by atoms with Crippen molar-refractivity contribution in [3.05, 3.63) is 22.4 Å².